The Balaban J connectivity index is 1.83. The highest BCUT2D eigenvalue weighted by Gasteiger charge is 2.37. The van der Waals surface area contributed by atoms with Crippen molar-refractivity contribution in [3.8, 4) is 0 Å². The number of nitrogens with zero attached hydrogens (tertiary/aromatic N) is 1. The molecule has 0 radical (unpaired) electrons. The van der Waals surface area contributed by atoms with Crippen LogP contribution in [0.1, 0.15) is 19.3 Å². The molecule has 0 bridgehead atoms. The highest BCUT2D eigenvalue weighted by atomic mass is 35.5. The second-order valence-electron chi connectivity index (χ2n) is 5.70. The molecule has 1 aromatic carbocycles. The largest absolute Gasteiger partial charge is 0.379 e. The minimum atomic E-state index is -3.20. The van der Waals surface area contributed by atoms with E-state index in [0.29, 0.717) is 22.0 Å². The van der Waals surface area contributed by atoms with E-state index in [1.54, 1.807) is 18.2 Å². The first-order chi connectivity index (χ1) is 9.45. The molecule has 0 amide bonds. The molecule has 2 aliphatic heterocycles. The van der Waals surface area contributed by atoms with E-state index in [1.807, 2.05) is 0 Å². The van der Waals surface area contributed by atoms with Crippen molar-refractivity contribution < 1.29 is 8.42 Å². The quantitative estimate of drug-likeness (QED) is 0.930. The van der Waals surface area contributed by atoms with Crippen molar-refractivity contribution >= 4 is 27.1 Å². The SMILES string of the molecule is CS(=O)(=O)c1ccc(Cl)c(NC2CCN3CCCC23)c1. The van der Waals surface area contributed by atoms with Gasteiger partial charge in [-0.1, -0.05) is 11.6 Å². The molecule has 4 nitrogen and oxygen atoms in total. The number of anilines is 1. The molecule has 2 atom stereocenters. The predicted octanol–water partition coefficient (Wildman–Crippen LogP) is 2.39. The highest BCUT2D eigenvalue weighted by Crippen LogP contribution is 2.33. The van der Waals surface area contributed by atoms with Crippen LogP contribution in [-0.2, 0) is 9.84 Å². The van der Waals surface area contributed by atoms with Crippen molar-refractivity contribution in [2.24, 2.45) is 0 Å². The predicted molar refractivity (Wildman–Crippen MR) is 81.2 cm³/mol. The van der Waals surface area contributed by atoms with Crippen molar-refractivity contribution in [3.05, 3.63) is 23.2 Å². The van der Waals surface area contributed by atoms with Gasteiger partial charge in [0.05, 0.1) is 15.6 Å². The Labute approximate surface area is 125 Å². The van der Waals surface area contributed by atoms with Gasteiger partial charge in [0.25, 0.3) is 0 Å². The summed E-state index contributed by atoms with van der Waals surface area (Å²) in [5, 5.41) is 4.03. The maximum Gasteiger partial charge on any atom is 0.175 e. The van der Waals surface area contributed by atoms with Gasteiger partial charge in [0, 0.05) is 24.9 Å². The molecule has 1 N–H and O–H groups in total. The van der Waals surface area contributed by atoms with Crippen LogP contribution in [0.25, 0.3) is 0 Å². The van der Waals surface area contributed by atoms with Gasteiger partial charge in [-0.05, 0) is 44.0 Å². The molecular formula is C14H19ClN2O2S. The van der Waals surface area contributed by atoms with Crippen molar-refractivity contribution in [1.82, 2.24) is 4.90 Å². The molecule has 0 aromatic heterocycles. The molecule has 2 unspecified atom stereocenters. The van der Waals surface area contributed by atoms with Gasteiger partial charge in [0.15, 0.2) is 9.84 Å². The first kappa shape index (κ1) is 14.2. The van der Waals surface area contributed by atoms with Gasteiger partial charge in [0.1, 0.15) is 0 Å². The molecule has 0 spiro atoms. The van der Waals surface area contributed by atoms with Crippen LogP contribution < -0.4 is 5.32 Å². The maximum absolute atomic E-state index is 11.6. The van der Waals surface area contributed by atoms with Gasteiger partial charge in [-0.15, -0.1) is 0 Å². The van der Waals surface area contributed by atoms with Gasteiger partial charge in [0.2, 0.25) is 0 Å². The van der Waals surface area contributed by atoms with Crippen molar-refractivity contribution in [3.63, 3.8) is 0 Å². The topological polar surface area (TPSA) is 49.4 Å². The number of halogens is 1. The molecule has 0 saturated carbocycles. The van der Waals surface area contributed by atoms with E-state index >= 15 is 0 Å². The Bertz CT molecular complexity index is 618. The number of benzene rings is 1. The Morgan fingerprint density at radius 2 is 2.10 bits per heavy atom. The Kier molecular flexibility index (Phi) is 3.69. The van der Waals surface area contributed by atoms with E-state index in [4.69, 9.17) is 11.6 Å². The van der Waals surface area contributed by atoms with Crippen LogP contribution in [0.5, 0.6) is 0 Å². The average molecular weight is 315 g/mol. The van der Waals surface area contributed by atoms with Crippen LogP contribution in [0.3, 0.4) is 0 Å². The van der Waals surface area contributed by atoms with Gasteiger partial charge in [-0.3, -0.25) is 4.90 Å². The number of nitrogens with one attached hydrogen (secondary N) is 1. The Morgan fingerprint density at radius 1 is 1.30 bits per heavy atom. The molecular weight excluding hydrogens is 296 g/mol. The second-order valence-corrected chi connectivity index (χ2v) is 8.12. The lowest BCUT2D eigenvalue weighted by Gasteiger charge is -2.23. The van der Waals surface area contributed by atoms with Crippen LogP contribution in [0, 0.1) is 0 Å². The van der Waals surface area contributed by atoms with Gasteiger partial charge < -0.3 is 5.32 Å². The summed E-state index contributed by atoms with van der Waals surface area (Å²) in [6, 6.07) is 5.79. The van der Waals surface area contributed by atoms with E-state index < -0.39 is 9.84 Å². The summed E-state index contributed by atoms with van der Waals surface area (Å²) in [6.45, 7) is 2.30. The van der Waals surface area contributed by atoms with Crippen LogP contribution in [0.4, 0.5) is 5.69 Å². The van der Waals surface area contributed by atoms with Gasteiger partial charge in [-0.2, -0.15) is 0 Å². The summed E-state index contributed by atoms with van der Waals surface area (Å²) in [5.41, 5.74) is 0.730. The summed E-state index contributed by atoms with van der Waals surface area (Å²) in [5.74, 6) is 0. The molecule has 2 aliphatic rings. The van der Waals surface area contributed by atoms with Crippen LogP contribution in [-0.4, -0.2) is 44.7 Å². The molecule has 2 heterocycles. The smallest absolute Gasteiger partial charge is 0.175 e. The van der Waals surface area contributed by atoms with Crippen molar-refractivity contribution in [1.29, 1.82) is 0 Å². The van der Waals surface area contributed by atoms with E-state index in [-0.39, 0.29) is 0 Å². The number of sulfone groups is 1. The third-order valence-corrected chi connectivity index (χ3v) is 5.75. The number of hydrogen-bond acceptors (Lipinski definition) is 4. The molecule has 20 heavy (non-hydrogen) atoms. The number of hydrogen-bond donors (Lipinski definition) is 1. The summed E-state index contributed by atoms with van der Waals surface area (Å²) in [7, 11) is -3.20. The molecule has 3 rings (SSSR count). The highest BCUT2D eigenvalue weighted by molar-refractivity contribution is 7.90. The summed E-state index contributed by atoms with van der Waals surface area (Å²) >= 11 is 6.20. The zero-order valence-electron chi connectivity index (χ0n) is 11.5. The zero-order chi connectivity index (χ0) is 14.3. The first-order valence-corrected chi connectivity index (χ1v) is 9.22. The fourth-order valence-electron chi connectivity index (χ4n) is 3.30. The molecule has 6 heteroatoms. The monoisotopic (exact) mass is 314 g/mol. The minimum Gasteiger partial charge on any atom is -0.379 e. The first-order valence-electron chi connectivity index (χ1n) is 6.95. The normalized spacial score (nSPS) is 26.7. The minimum absolute atomic E-state index is 0.311. The molecule has 1 aromatic rings. The van der Waals surface area contributed by atoms with E-state index in [9.17, 15) is 8.42 Å². The maximum atomic E-state index is 11.6. The van der Waals surface area contributed by atoms with Crippen LogP contribution in [0.2, 0.25) is 5.02 Å². The number of rotatable bonds is 3. The summed E-state index contributed by atoms with van der Waals surface area (Å²) in [4.78, 5) is 2.82. The molecule has 2 fully saturated rings. The third kappa shape index (κ3) is 2.67. The van der Waals surface area contributed by atoms with Crippen LogP contribution >= 0.6 is 11.6 Å². The number of fused-ring (bicyclic) bond motifs is 1. The third-order valence-electron chi connectivity index (χ3n) is 4.31. The van der Waals surface area contributed by atoms with E-state index in [2.05, 4.69) is 10.2 Å². The Hall–Kier alpha value is -0.780. The molecule has 2 saturated heterocycles. The lowest BCUT2D eigenvalue weighted by molar-refractivity contribution is 0.318. The van der Waals surface area contributed by atoms with Gasteiger partial charge >= 0.3 is 0 Å². The molecule has 0 aliphatic carbocycles. The lowest BCUT2D eigenvalue weighted by Crippen LogP contribution is -2.33. The average Bonchev–Trinajstić information content (AvgIpc) is 2.95. The fourth-order valence-corrected chi connectivity index (χ4v) is 4.12. The zero-order valence-corrected chi connectivity index (χ0v) is 13.0. The lowest BCUT2D eigenvalue weighted by atomic mass is 10.1. The van der Waals surface area contributed by atoms with Crippen molar-refractivity contribution in [2.75, 3.05) is 24.7 Å². The Morgan fingerprint density at radius 3 is 2.85 bits per heavy atom. The standard InChI is InChI=1S/C14H19ClN2O2S/c1-20(18,19)10-4-5-11(15)13(9-10)16-12-6-8-17-7-2-3-14(12)17/h4-5,9,12,14,16H,2-3,6-8H2,1H3. The summed E-state index contributed by atoms with van der Waals surface area (Å²) in [6.07, 6.45) is 4.76. The van der Waals surface area contributed by atoms with Gasteiger partial charge in [-0.25, -0.2) is 8.42 Å². The van der Waals surface area contributed by atoms with E-state index in [0.717, 1.165) is 18.7 Å². The van der Waals surface area contributed by atoms with Crippen molar-refractivity contribution in [2.45, 2.75) is 36.2 Å². The summed E-state index contributed by atoms with van der Waals surface area (Å²) < 4.78 is 23.3. The fraction of sp³-hybridized carbons (Fsp3) is 0.571. The molecule has 110 valence electrons. The second kappa shape index (κ2) is 5.20. The van der Waals surface area contributed by atoms with E-state index in [1.165, 1.54) is 25.6 Å². The van der Waals surface area contributed by atoms with Crippen LogP contribution in [0.15, 0.2) is 23.1 Å².